The second-order valence-electron chi connectivity index (χ2n) is 14.0. The molecule has 0 N–H and O–H groups in total. The quantitative estimate of drug-likeness (QED) is 0.132. The van der Waals surface area contributed by atoms with Crippen LogP contribution in [0.5, 0.6) is 0 Å². The van der Waals surface area contributed by atoms with Crippen molar-refractivity contribution in [1.82, 2.24) is 0 Å². The van der Waals surface area contributed by atoms with Crippen LogP contribution in [-0.2, 0) is 0 Å². The molecule has 0 bridgehead atoms. The lowest BCUT2D eigenvalue weighted by atomic mass is 10.0. The van der Waals surface area contributed by atoms with Crippen molar-refractivity contribution < 1.29 is 0 Å². The average molecular weight is 687 g/mol. The molecule has 2 nitrogen and oxygen atoms in total. The van der Waals surface area contributed by atoms with Gasteiger partial charge in [-0.25, -0.2) is 0 Å². The van der Waals surface area contributed by atoms with Gasteiger partial charge in [0.05, 0.1) is 0 Å². The molecule has 0 atom stereocenters. The molecule has 7 rings (SSSR count). The topological polar surface area (TPSA) is 6.48 Å². The molecule has 53 heavy (non-hydrogen) atoms. The Balaban J connectivity index is 1.19. The van der Waals surface area contributed by atoms with E-state index in [0.29, 0.717) is 0 Å². The fraction of sp³-hybridized carbons (Fsp3) is 0.0980. The zero-order valence-electron chi connectivity index (χ0n) is 31.3. The second kappa shape index (κ2) is 15.5. The van der Waals surface area contributed by atoms with E-state index in [4.69, 9.17) is 0 Å². The van der Waals surface area contributed by atoms with Crippen LogP contribution in [0, 0.1) is 34.6 Å². The zero-order valence-corrected chi connectivity index (χ0v) is 31.3. The van der Waals surface area contributed by atoms with Gasteiger partial charge in [-0.05, 0) is 134 Å². The molecule has 7 aromatic carbocycles. The maximum atomic E-state index is 3.94. The van der Waals surface area contributed by atoms with Crippen LogP contribution < -0.4 is 9.80 Å². The van der Waals surface area contributed by atoms with Crippen LogP contribution in [0.3, 0.4) is 0 Å². The SMILES string of the molecule is C=Cc1ccc(N(c2ccc(-c3ccc(N(c4ccc(/C=C/c5cccc(C)c5)cc4)c4ccc(C)cc4C)cc3)cc2)c2ccc(C)cc2C)cc1. The van der Waals surface area contributed by atoms with Crippen LogP contribution in [0.4, 0.5) is 34.1 Å². The Labute approximate surface area is 315 Å². The summed E-state index contributed by atoms with van der Waals surface area (Å²) < 4.78 is 0. The van der Waals surface area contributed by atoms with Gasteiger partial charge in [-0.1, -0.05) is 139 Å². The first-order chi connectivity index (χ1) is 25.7. The standard InChI is InChI=1S/C51H46N2/c1-7-41-15-23-46(24-16-41)52(50-31-11-37(3)33-39(50)5)48-27-19-44(20-28-48)45-21-29-49(30-22-45)53(51-32-12-38(4)34-40(51)6)47-25-17-42(18-26-47)13-14-43-10-8-9-36(2)35-43/h7-35H,1H2,2-6H3/b14-13+. The van der Waals surface area contributed by atoms with E-state index in [1.807, 2.05) is 6.08 Å². The molecule has 0 aliphatic rings. The Kier molecular flexibility index (Phi) is 10.2. The van der Waals surface area contributed by atoms with E-state index < -0.39 is 0 Å². The Bertz CT molecular complexity index is 2380. The predicted molar refractivity (Wildman–Crippen MR) is 230 cm³/mol. The molecule has 0 saturated carbocycles. The number of hydrogen-bond acceptors (Lipinski definition) is 2. The third-order valence-electron chi connectivity index (χ3n) is 9.82. The summed E-state index contributed by atoms with van der Waals surface area (Å²) in [5.74, 6) is 0. The molecule has 0 radical (unpaired) electrons. The van der Waals surface area contributed by atoms with Crippen LogP contribution in [0.2, 0.25) is 0 Å². The molecule has 0 aliphatic carbocycles. The highest BCUT2D eigenvalue weighted by molar-refractivity contribution is 5.83. The van der Waals surface area contributed by atoms with Crippen LogP contribution in [-0.4, -0.2) is 0 Å². The fourth-order valence-electron chi connectivity index (χ4n) is 7.03. The Morgan fingerprint density at radius 1 is 0.377 bits per heavy atom. The highest BCUT2D eigenvalue weighted by Crippen LogP contribution is 2.40. The van der Waals surface area contributed by atoms with Crippen molar-refractivity contribution in [3.8, 4) is 11.1 Å². The molecule has 0 aliphatic heterocycles. The van der Waals surface area contributed by atoms with Gasteiger partial charge in [0.1, 0.15) is 0 Å². The van der Waals surface area contributed by atoms with Crippen LogP contribution >= 0.6 is 0 Å². The first-order valence-corrected chi connectivity index (χ1v) is 18.3. The Morgan fingerprint density at radius 2 is 0.774 bits per heavy atom. The minimum Gasteiger partial charge on any atom is -0.310 e. The largest absolute Gasteiger partial charge is 0.310 e. The fourth-order valence-corrected chi connectivity index (χ4v) is 7.03. The molecular weight excluding hydrogens is 641 g/mol. The molecule has 260 valence electrons. The number of anilines is 6. The molecule has 0 aromatic heterocycles. The number of rotatable bonds is 10. The molecule has 0 unspecified atom stereocenters. The van der Waals surface area contributed by atoms with Gasteiger partial charge in [-0.15, -0.1) is 0 Å². The lowest BCUT2D eigenvalue weighted by Gasteiger charge is -2.28. The van der Waals surface area contributed by atoms with Crippen molar-refractivity contribution in [2.75, 3.05) is 9.80 Å². The number of hydrogen-bond donors (Lipinski definition) is 0. The second-order valence-corrected chi connectivity index (χ2v) is 14.0. The molecule has 0 fully saturated rings. The number of aryl methyl sites for hydroxylation is 5. The van der Waals surface area contributed by atoms with Crippen molar-refractivity contribution in [2.24, 2.45) is 0 Å². The average Bonchev–Trinajstić information content (AvgIpc) is 3.17. The summed E-state index contributed by atoms with van der Waals surface area (Å²) in [5.41, 5.74) is 18.9. The van der Waals surface area contributed by atoms with Crippen LogP contribution in [0.15, 0.2) is 164 Å². The Morgan fingerprint density at radius 3 is 1.19 bits per heavy atom. The monoisotopic (exact) mass is 686 g/mol. The molecule has 0 heterocycles. The third-order valence-corrected chi connectivity index (χ3v) is 9.82. The smallest absolute Gasteiger partial charge is 0.0490 e. The van der Waals surface area contributed by atoms with E-state index in [1.165, 1.54) is 61.4 Å². The summed E-state index contributed by atoms with van der Waals surface area (Å²) in [6.45, 7) is 14.7. The maximum absolute atomic E-state index is 3.94. The maximum Gasteiger partial charge on any atom is 0.0490 e. The van der Waals surface area contributed by atoms with Gasteiger partial charge in [-0.3, -0.25) is 0 Å². The van der Waals surface area contributed by atoms with Crippen molar-refractivity contribution >= 4 is 52.4 Å². The predicted octanol–water partition coefficient (Wildman–Crippen LogP) is 14.6. The summed E-state index contributed by atoms with van der Waals surface area (Å²) in [5, 5.41) is 0. The van der Waals surface area contributed by atoms with E-state index in [2.05, 4.69) is 221 Å². The number of benzene rings is 7. The minimum absolute atomic E-state index is 1.10. The van der Waals surface area contributed by atoms with Crippen molar-refractivity contribution in [3.05, 3.63) is 209 Å². The molecule has 0 saturated heterocycles. The van der Waals surface area contributed by atoms with E-state index in [1.54, 1.807) is 0 Å². The van der Waals surface area contributed by atoms with E-state index in [0.717, 1.165) is 28.3 Å². The highest BCUT2D eigenvalue weighted by Gasteiger charge is 2.17. The summed E-state index contributed by atoms with van der Waals surface area (Å²) in [6.07, 6.45) is 6.24. The molecule has 2 heteroatoms. The van der Waals surface area contributed by atoms with Crippen LogP contribution in [0.1, 0.15) is 44.5 Å². The lowest BCUT2D eigenvalue weighted by Crippen LogP contribution is -2.11. The zero-order chi connectivity index (χ0) is 36.9. The first kappa shape index (κ1) is 35.0. The van der Waals surface area contributed by atoms with Gasteiger partial charge in [0.25, 0.3) is 0 Å². The van der Waals surface area contributed by atoms with E-state index >= 15 is 0 Å². The van der Waals surface area contributed by atoms with E-state index in [9.17, 15) is 0 Å². The highest BCUT2D eigenvalue weighted by atomic mass is 15.1. The normalized spacial score (nSPS) is 11.1. The van der Waals surface area contributed by atoms with Gasteiger partial charge in [-0.2, -0.15) is 0 Å². The van der Waals surface area contributed by atoms with E-state index in [-0.39, 0.29) is 0 Å². The summed E-state index contributed by atoms with van der Waals surface area (Å²) in [6, 6.07) is 57.1. The summed E-state index contributed by atoms with van der Waals surface area (Å²) in [4.78, 5) is 4.69. The minimum atomic E-state index is 1.10. The molecule has 7 aromatic rings. The first-order valence-electron chi connectivity index (χ1n) is 18.3. The van der Waals surface area contributed by atoms with Crippen molar-refractivity contribution in [3.63, 3.8) is 0 Å². The molecule has 0 spiro atoms. The third kappa shape index (κ3) is 7.93. The summed E-state index contributed by atoms with van der Waals surface area (Å²) >= 11 is 0. The number of nitrogens with zero attached hydrogens (tertiary/aromatic N) is 2. The Hall–Kier alpha value is -6.38. The summed E-state index contributed by atoms with van der Waals surface area (Å²) in [7, 11) is 0. The van der Waals surface area contributed by atoms with Gasteiger partial charge < -0.3 is 9.80 Å². The molecule has 0 amide bonds. The molecular formula is C51H46N2. The van der Waals surface area contributed by atoms with Crippen molar-refractivity contribution in [2.45, 2.75) is 34.6 Å². The van der Waals surface area contributed by atoms with Crippen molar-refractivity contribution in [1.29, 1.82) is 0 Å². The lowest BCUT2D eigenvalue weighted by molar-refractivity contribution is 1.23. The van der Waals surface area contributed by atoms with Gasteiger partial charge in [0.2, 0.25) is 0 Å². The van der Waals surface area contributed by atoms with Crippen LogP contribution in [0.25, 0.3) is 29.4 Å². The van der Waals surface area contributed by atoms with Gasteiger partial charge in [0, 0.05) is 34.1 Å². The van der Waals surface area contributed by atoms with Gasteiger partial charge in [0.15, 0.2) is 0 Å². The van der Waals surface area contributed by atoms with Gasteiger partial charge >= 0.3 is 0 Å².